The normalized spacial score (nSPS) is 14.2. The topological polar surface area (TPSA) is 67.9 Å². The minimum Gasteiger partial charge on any atom is -0.493 e. The van der Waals surface area contributed by atoms with Gasteiger partial charge in [-0.2, -0.15) is 0 Å². The molecule has 0 unspecified atom stereocenters. The summed E-state index contributed by atoms with van der Waals surface area (Å²) in [5, 5.41) is 2.95. The van der Waals surface area contributed by atoms with Crippen LogP contribution in [0.4, 0.5) is 4.39 Å². The third-order valence-electron chi connectivity index (χ3n) is 5.70. The van der Waals surface area contributed by atoms with E-state index in [1.54, 1.807) is 50.6 Å². The van der Waals surface area contributed by atoms with Gasteiger partial charge in [0.1, 0.15) is 5.82 Å². The van der Waals surface area contributed by atoms with Crippen LogP contribution in [0.2, 0.25) is 0 Å². The van der Waals surface area contributed by atoms with E-state index in [4.69, 9.17) is 9.47 Å². The summed E-state index contributed by atoms with van der Waals surface area (Å²) in [6.45, 7) is 1.86. The highest BCUT2D eigenvalue weighted by atomic mass is 19.1. The van der Waals surface area contributed by atoms with E-state index in [-0.39, 0.29) is 24.1 Å². The van der Waals surface area contributed by atoms with Crippen molar-refractivity contribution in [1.29, 1.82) is 0 Å². The van der Waals surface area contributed by atoms with Crippen LogP contribution in [0.1, 0.15) is 35.2 Å². The van der Waals surface area contributed by atoms with Gasteiger partial charge in [-0.05, 0) is 55.0 Å². The molecule has 3 rings (SSSR count). The summed E-state index contributed by atoms with van der Waals surface area (Å²) in [5.41, 5.74) is 1.12. The third-order valence-corrected chi connectivity index (χ3v) is 5.70. The number of nitrogens with zero attached hydrogens (tertiary/aromatic N) is 1. The molecule has 0 aromatic heterocycles. The molecule has 0 saturated carbocycles. The maximum absolute atomic E-state index is 13.6. The van der Waals surface area contributed by atoms with Crippen LogP contribution in [-0.4, -0.2) is 50.6 Å². The number of rotatable bonds is 8. The van der Waals surface area contributed by atoms with Crippen LogP contribution in [-0.2, 0) is 11.2 Å². The Morgan fingerprint density at radius 3 is 2.45 bits per heavy atom. The highest BCUT2D eigenvalue weighted by Crippen LogP contribution is 2.28. The SMILES string of the molecule is COc1ccc(C(=O)N2CCC(CNC(=O)CCc3ccccc3F)CC2)cc1OC. The number of methoxy groups -OCH3 is 2. The molecule has 1 aliphatic heterocycles. The monoisotopic (exact) mass is 428 g/mol. The van der Waals surface area contributed by atoms with Crippen LogP contribution >= 0.6 is 0 Å². The lowest BCUT2D eigenvalue weighted by Gasteiger charge is -2.32. The Balaban J connectivity index is 1.42. The quantitative estimate of drug-likeness (QED) is 0.699. The number of piperidine rings is 1. The zero-order valence-corrected chi connectivity index (χ0v) is 18.0. The first kappa shape index (κ1) is 22.6. The van der Waals surface area contributed by atoms with E-state index in [0.717, 1.165) is 12.8 Å². The number of carbonyl (C=O) groups is 2. The Hall–Kier alpha value is -3.09. The first-order valence-electron chi connectivity index (χ1n) is 10.5. The van der Waals surface area contributed by atoms with Gasteiger partial charge in [0.15, 0.2) is 11.5 Å². The smallest absolute Gasteiger partial charge is 0.253 e. The average Bonchev–Trinajstić information content (AvgIpc) is 2.81. The Morgan fingerprint density at radius 2 is 1.77 bits per heavy atom. The fraction of sp³-hybridized carbons (Fsp3) is 0.417. The predicted octanol–water partition coefficient (Wildman–Crippen LogP) is 3.44. The molecule has 1 fully saturated rings. The molecule has 1 aliphatic rings. The molecule has 2 aromatic carbocycles. The van der Waals surface area contributed by atoms with E-state index < -0.39 is 0 Å². The fourth-order valence-electron chi connectivity index (χ4n) is 3.79. The number of aryl methyl sites for hydroxylation is 1. The summed E-state index contributed by atoms with van der Waals surface area (Å²) in [6.07, 6.45) is 2.30. The van der Waals surface area contributed by atoms with E-state index >= 15 is 0 Å². The highest BCUT2D eigenvalue weighted by molar-refractivity contribution is 5.95. The van der Waals surface area contributed by atoms with Crippen LogP contribution in [0.3, 0.4) is 0 Å². The Labute approximate surface area is 182 Å². The zero-order chi connectivity index (χ0) is 22.2. The lowest BCUT2D eigenvalue weighted by Crippen LogP contribution is -2.41. The van der Waals surface area contributed by atoms with E-state index in [2.05, 4.69) is 5.32 Å². The van der Waals surface area contributed by atoms with Crippen molar-refractivity contribution in [1.82, 2.24) is 10.2 Å². The maximum atomic E-state index is 13.6. The molecular weight excluding hydrogens is 399 g/mol. The van der Waals surface area contributed by atoms with Crippen LogP contribution in [0.5, 0.6) is 11.5 Å². The van der Waals surface area contributed by atoms with Gasteiger partial charge < -0.3 is 19.7 Å². The fourth-order valence-corrected chi connectivity index (χ4v) is 3.79. The second kappa shape index (κ2) is 10.8. The van der Waals surface area contributed by atoms with Crippen LogP contribution in [0, 0.1) is 11.7 Å². The van der Waals surface area contributed by atoms with E-state index in [0.29, 0.717) is 54.6 Å². The molecule has 166 valence electrons. The molecule has 6 nitrogen and oxygen atoms in total. The number of ether oxygens (including phenoxy) is 2. The largest absolute Gasteiger partial charge is 0.493 e. The van der Waals surface area contributed by atoms with Crippen LogP contribution in [0.25, 0.3) is 0 Å². The zero-order valence-electron chi connectivity index (χ0n) is 18.0. The summed E-state index contributed by atoms with van der Waals surface area (Å²) in [6, 6.07) is 11.7. The van der Waals surface area contributed by atoms with Crippen molar-refractivity contribution < 1.29 is 23.5 Å². The van der Waals surface area contributed by atoms with Crippen molar-refractivity contribution in [3.8, 4) is 11.5 Å². The molecule has 2 amide bonds. The molecule has 1 heterocycles. The van der Waals surface area contributed by atoms with Gasteiger partial charge in [-0.3, -0.25) is 9.59 Å². The van der Waals surface area contributed by atoms with Gasteiger partial charge in [0.2, 0.25) is 5.91 Å². The van der Waals surface area contributed by atoms with Gasteiger partial charge in [0.05, 0.1) is 14.2 Å². The minimum atomic E-state index is -0.276. The lowest BCUT2D eigenvalue weighted by atomic mass is 9.96. The molecule has 0 spiro atoms. The van der Waals surface area contributed by atoms with Crippen molar-refractivity contribution in [2.75, 3.05) is 33.9 Å². The molecule has 0 aliphatic carbocycles. The Bertz CT molecular complexity index is 910. The van der Waals surface area contributed by atoms with Crippen molar-refractivity contribution in [3.63, 3.8) is 0 Å². The number of nitrogens with one attached hydrogen (secondary N) is 1. The van der Waals surface area contributed by atoms with Gasteiger partial charge in [0, 0.05) is 31.6 Å². The van der Waals surface area contributed by atoms with E-state index in [1.165, 1.54) is 6.07 Å². The number of carbonyl (C=O) groups excluding carboxylic acids is 2. The van der Waals surface area contributed by atoms with Crippen molar-refractivity contribution in [3.05, 3.63) is 59.4 Å². The molecule has 0 atom stereocenters. The molecule has 1 saturated heterocycles. The number of halogens is 1. The van der Waals surface area contributed by atoms with Gasteiger partial charge in [0.25, 0.3) is 5.91 Å². The summed E-state index contributed by atoms with van der Waals surface area (Å²) < 4.78 is 24.2. The molecule has 0 radical (unpaired) electrons. The number of amides is 2. The van der Waals surface area contributed by atoms with Crippen molar-refractivity contribution >= 4 is 11.8 Å². The number of benzene rings is 2. The summed E-state index contributed by atoms with van der Waals surface area (Å²) in [5.74, 6) is 1.05. The van der Waals surface area contributed by atoms with Gasteiger partial charge in [-0.1, -0.05) is 18.2 Å². The number of hydrogen-bond acceptors (Lipinski definition) is 4. The van der Waals surface area contributed by atoms with Gasteiger partial charge >= 0.3 is 0 Å². The molecular formula is C24H29FN2O4. The molecule has 0 bridgehead atoms. The van der Waals surface area contributed by atoms with E-state index in [9.17, 15) is 14.0 Å². The van der Waals surface area contributed by atoms with Gasteiger partial charge in [-0.15, -0.1) is 0 Å². The average molecular weight is 429 g/mol. The molecule has 2 aromatic rings. The van der Waals surface area contributed by atoms with Crippen molar-refractivity contribution in [2.24, 2.45) is 5.92 Å². The third kappa shape index (κ3) is 5.96. The minimum absolute atomic E-state index is 0.0340. The van der Waals surface area contributed by atoms with E-state index in [1.807, 2.05) is 4.90 Å². The Morgan fingerprint density at radius 1 is 1.06 bits per heavy atom. The Kier molecular flexibility index (Phi) is 7.87. The predicted molar refractivity (Wildman–Crippen MR) is 116 cm³/mol. The number of likely N-dealkylation sites (tertiary alicyclic amines) is 1. The molecule has 31 heavy (non-hydrogen) atoms. The second-order valence-corrected chi connectivity index (χ2v) is 7.70. The first-order chi connectivity index (χ1) is 15.0. The number of hydrogen-bond donors (Lipinski definition) is 1. The summed E-state index contributed by atoms with van der Waals surface area (Å²) in [4.78, 5) is 26.8. The van der Waals surface area contributed by atoms with Crippen LogP contribution < -0.4 is 14.8 Å². The maximum Gasteiger partial charge on any atom is 0.253 e. The summed E-state index contributed by atoms with van der Waals surface area (Å²) >= 11 is 0. The molecule has 1 N–H and O–H groups in total. The van der Waals surface area contributed by atoms with Crippen molar-refractivity contribution in [2.45, 2.75) is 25.7 Å². The first-order valence-corrected chi connectivity index (χ1v) is 10.5. The lowest BCUT2D eigenvalue weighted by molar-refractivity contribution is -0.121. The standard InChI is InChI=1S/C24H29FN2O4/c1-30-21-9-7-19(15-22(21)31-2)24(29)27-13-11-17(12-14-27)16-26-23(28)10-8-18-5-3-4-6-20(18)25/h3-7,9,15,17H,8,10-14,16H2,1-2H3,(H,26,28). The summed E-state index contributed by atoms with van der Waals surface area (Å²) in [7, 11) is 3.10. The second-order valence-electron chi connectivity index (χ2n) is 7.70. The molecule has 7 heteroatoms. The van der Waals surface area contributed by atoms with Crippen LogP contribution in [0.15, 0.2) is 42.5 Å². The highest BCUT2D eigenvalue weighted by Gasteiger charge is 2.24. The van der Waals surface area contributed by atoms with Gasteiger partial charge in [-0.25, -0.2) is 4.39 Å².